The van der Waals surface area contributed by atoms with Gasteiger partial charge in [0.05, 0.1) is 12.1 Å². The number of carbonyl (C=O) groups excluding carboxylic acids is 1. The number of Topliss-reactive ketones (excluding diaryl/α,β-unsaturated/α-hetero) is 1. The molecule has 0 saturated carbocycles. The largest absolute Gasteiger partial charge is 0.444 e. The molecule has 3 rings (SSSR count). The minimum atomic E-state index is -0.519. The number of aromatic nitrogens is 2. The Hall–Kier alpha value is -2.59. The maximum atomic E-state index is 12.5. The van der Waals surface area contributed by atoms with Gasteiger partial charge in [-0.15, -0.1) is 0 Å². The maximum absolute atomic E-state index is 12.5. The molecule has 1 aromatic rings. The zero-order valence-electron chi connectivity index (χ0n) is 13.8. The van der Waals surface area contributed by atoms with Gasteiger partial charge in [0.15, 0.2) is 5.78 Å². The normalized spacial score (nSPS) is 22.0. The number of nitriles is 1. The van der Waals surface area contributed by atoms with Gasteiger partial charge in [-0.1, -0.05) is 0 Å². The first-order valence-electron chi connectivity index (χ1n) is 8.06. The van der Waals surface area contributed by atoms with E-state index in [4.69, 9.17) is 15.2 Å². The van der Waals surface area contributed by atoms with Crippen molar-refractivity contribution in [3.05, 3.63) is 40.7 Å². The van der Waals surface area contributed by atoms with Crippen LogP contribution in [0.1, 0.15) is 50.8 Å². The second kappa shape index (κ2) is 6.49. The molecule has 0 radical (unpaired) electrons. The zero-order chi connectivity index (χ0) is 17.3. The Morgan fingerprint density at radius 1 is 1.58 bits per heavy atom. The average Bonchev–Trinajstić information content (AvgIpc) is 3.04. The third kappa shape index (κ3) is 2.69. The molecule has 1 aliphatic heterocycles. The Kier molecular flexibility index (Phi) is 4.40. The molecule has 7 heteroatoms. The fourth-order valence-corrected chi connectivity index (χ4v) is 3.21. The molecule has 0 bridgehead atoms. The van der Waals surface area contributed by atoms with Crippen molar-refractivity contribution in [1.29, 1.82) is 5.26 Å². The van der Waals surface area contributed by atoms with Crippen LogP contribution in [0.3, 0.4) is 0 Å². The SMILES string of the molecule is CCO[C@@H](C)n1cc([C@@H]2C(C#N)=C(N)OC3=C2C(=O)CCC3)cn1. The highest BCUT2D eigenvalue weighted by Crippen LogP contribution is 2.43. The van der Waals surface area contributed by atoms with Gasteiger partial charge < -0.3 is 15.2 Å². The van der Waals surface area contributed by atoms with E-state index >= 15 is 0 Å². The van der Waals surface area contributed by atoms with Crippen LogP contribution in [0.5, 0.6) is 0 Å². The summed E-state index contributed by atoms with van der Waals surface area (Å²) in [6, 6.07) is 2.09. The van der Waals surface area contributed by atoms with E-state index in [0.717, 1.165) is 12.0 Å². The Morgan fingerprint density at radius 2 is 2.38 bits per heavy atom. The van der Waals surface area contributed by atoms with E-state index in [2.05, 4.69) is 11.2 Å². The average molecular weight is 328 g/mol. The number of ether oxygens (including phenoxy) is 2. The van der Waals surface area contributed by atoms with Gasteiger partial charge >= 0.3 is 0 Å². The van der Waals surface area contributed by atoms with Crippen molar-refractivity contribution in [2.45, 2.75) is 45.3 Å². The molecule has 0 fully saturated rings. The van der Waals surface area contributed by atoms with Gasteiger partial charge in [-0.3, -0.25) is 4.79 Å². The second-order valence-electron chi connectivity index (χ2n) is 5.85. The van der Waals surface area contributed by atoms with Crippen molar-refractivity contribution >= 4 is 5.78 Å². The van der Waals surface area contributed by atoms with Crippen molar-refractivity contribution in [3.63, 3.8) is 0 Å². The molecule has 2 atom stereocenters. The summed E-state index contributed by atoms with van der Waals surface area (Å²) in [4.78, 5) is 12.5. The number of nitrogens with zero attached hydrogens (tertiary/aromatic N) is 3. The molecule has 24 heavy (non-hydrogen) atoms. The van der Waals surface area contributed by atoms with Crippen molar-refractivity contribution in [1.82, 2.24) is 9.78 Å². The van der Waals surface area contributed by atoms with Crippen LogP contribution in [-0.4, -0.2) is 22.2 Å². The smallest absolute Gasteiger partial charge is 0.205 e. The Labute approximate surface area is 140 Å². The third-order valence-corrected chi connectivity index (χ3v) is 4.34. The number of ketones is 1. The van der Waals surface area contributed by atoms with E-state index in [0.29, 0.717) is 30.8 Å². The van der Waals surface area contributed by atoms with E-state index in [1.165, 1.54) is 0 Å². The van der Waals surface area contributed by atoms with Crippen LogP contribution >= 0.6 is 0 Å². The molecule has 2 heterocycles. The summed E-state index contributed by atoms with van der Waals surface area (Å²) in [5.74, 6) is 0.140. The van der Waals surface area contributed by atoms with Gasteiger partial charge in [-0.2, -0.15) is 10.4 Å². The summed E-state index contributed by atoms with van der Waals surface area (Å²) in [6.45, 7) is 4.36. The molecule has 126 valence electrons. The summed E-state index contributed by atoms with van der Waals surface area (Å²) in [5.41, 5.74) is 7.46. The van der Waals surface area contributed by atoms with Crippen molar-refractivity contribution < 1.29 is 14.3 Å². The third-order valence-electron chi connectivity index (χ3n) is 4.34. The van der Waals surface area contributed by atoms with Crippen molar-refractivity contribution in [3.8, 4) is 6.07 Å². The zero-order valence-corrected chi connectivity index (χ0v) is 13.8. The number of rotatable bonds is 4. The molecule has 1 aromatic heterocycles. The monoisotopic (exact) mass is 328 g/mol. The van der Waals surface area contributed by atoms with Crippen molar-refractivity contribution in [2.75, 3.05) is 6.61 Å². The first kappa shape index (κ1) is 16.3. The van der Waals surface area contributed by atoms with Gasteiger partial charge in [-0.25, -0.2) is 4.68 Å². The number of carbonyl (C=O) groups is 1. The highest BCUT2D eigenvalue weighted by Gasteiger charge is 2.38. The summed E-state index contributed by atoms with van der Waals surface area (Å²) >= 11 is 0. The van der Waals surface area contributed by atoms with Crippen molar-refractivity contribution in [2.24, 2.45) is 5.73 Å². The topological polar surface area (TPSA) is 103 Å². The summed E-state index contributed by atoms with van der Waals surface area (Å²) in [7, 11) is 0. The number of nitrogens with two attached hydrogens (primary N) is 1. The molecular weight excluding hydrogens is 308 g/mol. The number of allylic oxidation sites excluding steroid dienone is 3. The summed E-state index contributed by atoms with van der Waals surface area (Å²) < 4.78 is 12.7. The quantitative estimate of drug-likeness (QED) is 0.909. The van der Waals surface area contributed by atoms with Crippen LogP contribution in [0.15, 0.2) is 35.2 Å². The van der Waals surface area contributed by atoms with Crippen LogP contribution in [0.25, 0.3) is 0 Å². The molecule has 0 aromatic carbocycles. The van der Waals surface area contributed by atoms with Crippen LogP contribution < -0.4 is 5.73 Å². The Morgan fingerprint density at radius 3 is 3.08 bits per heavy atom. The fraction of sp³-hybridized carbons (Fsp3) is 0.471. The van der Waals surface area contributed by atoms with Gasteiger partial charge in [0.25, 0.3) is 0 Å². The Balaban J connectivity index is 2.05. The van der Waals surface area contributed by atoms with Crippen LogP contribution in [-0.2, 0) is 14.3 Å². The summed E-state index contributed by atoms with van der Waals surface area (Å²) in [5, 5.41) is 13.8. The lowest BCUT2D eigenvalue weighted by atomic mass is 9.78. The molecule has 0 saturated heterocycles. The van der Waals surface area contributed by atoms with Crippen LogP contribution in [0.2, 0.25) is 0 Å². The van der Waals surface area contributed by atoms with E-state index in [9.17, 15) is 10.1 Å². The predicted octanol–water partition coefficient (Wildman–Crippen LogP) is 2.25. The van der Waals surface area contributed by atoms with E-state index in [-0.39, 0.29) is 23.5 Å². The van der Waals surface area contributed by atoms with E-state index in [1.54, 1.807) is 17.1 Å². The molecule has 0 amide bonds. The highest BCUT2D eigenvalue weighted by molar-refractivity contribution is 5.99. The number of hydrogen-bond donors (Lipinski definition) is 1. The van der Waals surface area contributed by atoms with Gasteiger partial charge in [-0.05, 0) is 20.3 Å². The molecular formula is C17H20N4O3. The number of hydrogen-bond acceptors (Lipinski definition) is 6. The molecule has 0 unspecified atom stereocenters. The van der Waals surface area contributed by atoms with E-state index in [1.807, 2.05) is 13.8 Å². The lowest BCUT2D eigenvalue weighted by molar-refractivity contribution is -0.116. The van der Waals surface area contributed by atoms with Crippen LogP contribution in [0.4, 0.5) is 0 Å². The second-order valence-corrected chi connectivity index (χ2v) is 5.85. The molecule has 2 aliphatic rings. The Bertz CT molecular complexity index is 769. The first-order chi connectivity index (χ1) is 11.6. The lowest BCUT2D eigenvalue weighted by Crippen LogP contribution is -2.27. The summed E-state index contributed by atoms with van der Waals surface area (Å²) in [6.07, 6.45) is 5.07. The van der Waals surface area contributed by atoms with Gasteiger partial charge in [0, 0.05) is 36.8 Å². The van der Waals surface area contributed by atoms with Gasteiger partial charge in [0.1, 0.15) is 23.6 Å². The highest BCUT2D eigenvalue weighted by atomic mass is 16.5. The first-order valence-corrected chi connectivity index (χ1v) is 8.06. The minimum Gasteiger partial charge on any atom is -0.444 e. The minimum absolute atomic E-state index is 0.00658. The molecule has 1 aliphatic carbocycles. The standard InChI is InChI=1S/C17H20N4O3/c1-3-23-10(2)21-9-11(8-20-21)15-12(7-18)17(19)24-14-6-4-5-13(22)16(14)15/h8-10,15H,3-6,19H2,1-2H3/t10-,15+/m0/s1. The lowest BCUT2D eigenvalue weighted by Gasteiger charge is -2.30. The van der Waals surface area contributed by atoms with Crippen LogP contribution in [0, 0.1) is 11.3 Å². The molecule has 2 N–H and O–H groups in total. The van der Waals surface area contributed by atoms with Gasteiger partial charge in [0.2, 0.25) is 5.88 Å². The molecule has 7 nitrogen and oxygen atoms in total. The maximum Gasteiger partial charge on any atom is 0.205 e. The van der Waals surface area contributed by atoms with E-state index < -0.39 is 5.92 Å². The molecule has 0 spiro atoms. The predicted molar refractivity (Wildman–Crippen MR) is 85.1 cm³/mol. The fourth-order valence-electron chi connectivity index (χ4n) is 3.21.